The first-order chi connectivity index (χ1) is 20.4. The number of aliphatic carboxylic acids is 1. The van der Waals surface area contributed by atoms with E-state index in [-0.39, 0.29) is 17.8 Å². The summed E-state index contributed by atoms with van der Waals surface area (Å²) in [5.74, 6) is -1.16. The van der Waals surface area contributed by atoms with E-state index >= 15 is 0 Å². The van der Waals surface area contributed by atoms with E-state index in [4.69, 9.17) is 0 Å². The summed E-state index contributed by atoms with van der Waals surface area (Å²) in [7, 11) is 0. The molecule has 5 aromatic rings. The highest BCUT2D eigenvalue weighted by Crippen LogP contribution is 2.37. The van der Waals surface area contributed by atoms with Gasteiger partial charge in [-0.25, -0.2) is 9.18 Å². The van der Waals surface area contributed by atoms with Gasteiger partial charge < -0.3 is 14.6 Å². The van der Waals surface area contributed by atoms with Crippen molar-refractivity contribution in [3.05, 3.63) is 119 Å². The molecule has 5 nitrogen and oxygen atoms in total. The molecule has 6 rings (SSSR count). The zero-order valence-electron chi connectivity index (χ0n) is 23.8. The lowest BCUT2D eigenvalue weighted by atomic mass is 9.89. The predicted octanol–water partition coefficient (Wildman–Crippen LogP) is 7.14. The maximum atomic E-state index is 14.5. The van der Waals surface area contributed by atoms with Crippen molar-refractivity contribution < 1.29 is 19.1 Å². The number of benzene rings is 4. The Kier molecular flexibility index (Phi) is 7.79. The van der Waals surface area contributed by atoms with Crippen molar-refractivity contribution in [1.82, 2.24) is 9.47 Å². The molecule has 1 aliphatic rings. The summed E-state index contributed by atoms with van der Waals surface area (Å²) in [6.07, 6.45) is 3.38. The molecule has 214 valence electrons. The molecule has 0 radical (unpaired) electrons. The SMILES string of the molecule is CCC(C(=O)O)n1c2c(c3cc(F)ccc31)CC(N(CCc1ccccc1)C(=O)Cc1cccc3ccccc13)CC2. The maximum Gasteiger partial charge on any atom is 0.326 e. The average Bonchev–Trinajstić information content (AvgIpc) is 3.31. The van der Waals surface area contributed by atoms with Crippen LogP contribution in [-0.2, 0) is 35.3 Å². The zero-order valence-corrected chi connectivity index (χ0v) is 23.8. The third-order valence-electron chi connectivity index (χ3n) is 8.79. The first kappa shape index (κ1) is 27.7. The normalized spacial score (nSPS) is 15.4. The lowest BCUT2D eigenvalue weighted by molar-refractivity contribution is -0.141. The van der Waals surface area contributed by atoms with Crippen LogP contribution in [0.1, 0.15) is 48.2 Å². The fourth-order valence-corrected chi connectivity index (χ4v) is 6.75. The molecule has 1 heterocycles. The largest absolute Gasteiger partial charge is 0.480 e. The monoisotopic (exact) mass is 562 g/mol. The number of carbonyl (C=O) groups excluding carboxylic acids is 1. The summed E-state index contributed by atoms with van der Waals surface area (Å²) >= 11 is 0. The molecular formula is C36H35FN2O3. The first-order valence-electron chi connectivity index (χ1n) is 14.8. The average molecular weight is 563 g/mol. The third-order valence-corrected chi connectivity index (χ3v) is 8.79. The van der Waals surface area contributed by atoms with Gasteiger partial charge in [0.15, 0.2) is 0 Å². The molecule has 0 spiro atoms. The Morgan fingerprint density at radius 2 is 1.74 bits per heavy atom. The highest BCUT2D eigenvalue weighted by atomic mass is 19.1. The summed E-state index contributed by atoms with van der Waals surface area (Å²) in [6, 6.07) is 28.2. The first-order valence-corrected chi connectivity index (χ1v) is 14.8. The van der Waals surface area contributed by atoms with Gasteiger partial charge in [-0.05, 0) is 77.8 Å². The van der Waals surface area contributed by atoms with Gasteiger partial charge in [0.25, 0.3) is 0 Å². The topological polar surface area (TPSA) is 62.5 Å². The van der Waals surface area contributed by atoms with Gasteiger partial charge in [0, 0.05) is 29.2 Å². The van der Waals surface area contributed by atoms with E-state index in [1.807, 2.05) is 58.9 Å². The third kappa shape index (κ3) is 5.29. The number of carbonyl (C=O) groups is 2. The van der Waals surface area contributed by atoms with Crippen molar-refractivity contribution in [3.8, 4) is 0 Å². The Balaban J connectivity index is 1.36. The molecular weight excluding hydrogens is 527 g/mol. The summed E-state index contributed by atoms with van der Waals surface area (Å²) in [5.41, 5.74) is 4.83. The molecule has 1 N–H and O–H groups in total. The number of hydrogen-bond acceptors (Lipinski definition) is 2. The number of rotatable bonds is 9. The van der Waals surface area contributed by atoms with Gasteiger partial charge in [-0.15, -0.1) is 0 Å². The highest BCUT2D eigenvalue weighted by Gasteiger charge is 2.34. The minimum Gasteiger partial charge on any atom is -0.480 e. The van der Waals surface area contributed by atoms with E-state index in [9.17, 15) is 19.1 Å². The quantitative estimate of drug-likeness (QED) is 0.208. The van der Waals surface area contributed by atoms with Crippen molar-refractivity contribution in [2.75, 3.05) is 6.54 Å². The van der Waals surface area contributed by atoms with Crippen LogP contribution in [-0.4, -0.2) is 39.0 Å². The van der Waals surface area contributed by atoms with Crippen LogP contribution in [0.5, 0.6) is 0 Å². The van der Waals surface area contributed by atoms with Crippen molar-refractivity contribution in [3.63, 3.8) is 0 Å². The molecule has 0 aliphatic heterocycles. The molecule has 0 fully saturated rings. The van der Waals surface area contributed by atoms with E-state index in [2.05, 4.69) is 30.3 Å². The summed E-state index contributed by atoms with van der Waals surface area (Å²) in [4.78, 5) is 28.4. The number of amides is 1. The van der Waals surface area contributed by atoms with Gasteiger partial charge in [-0.3, -0.25) is 4.79 Å². The Hall–Kier alpha value is -4.45. The van der Waals surface area contributed by atoms with Crippen molar-refractivity contribution in [2.45, 2.75) is 57.5 Å². The molecule has 2 unspecified atom stereocenters. The molecule has 1 amide bonds. The van der Waals surface area contributed by atoms with E-state index in [1.54, 1.807) is 6.07 Å². The number of carboxylic acids is 1. The Bertz CT molecular complexity index is 1760. The van der Waals surface area contributed by atoms with Crippen LogP contribution in [0.25, 0.3) is 21.7 Å². The molecule has 2 atom stereocenters. The molecule has 1 aromatic heterocycles. The molecule has 0 saturated heterocycles. The molecule has 42 heavy (non-hydrogen) atoms. The fourth-order valence-electron chi connectivity index (χ4n) is 6.75. The minimum absolute atomic E-state index is 0.0719. The number of aromatic nitrogens is 1. The number of hydrogen-bond donors (Lipinski definition) is 1. The van der Waals surface area contributed by atoms with Gasteiger partial charge in [-0.2, -0.15) is 0 Å². The number of fused-ring (bicyclic) bond motifs is 4. The lowest BCUT2D eigenvalue weighted by Gasteiger charge is -2.35. The van der Waals surface area contributed by atoms with Crippen LogP contribution in [0.4, 0.5) is 4.39 Å². The number of carboxylic acid groups (broad SMARTS) is 1. The van der Waals surface area contributed by atoms with Crippen molar-refractivity contribution in [1.29, 1.82) is 0 Å². The van der Waals surface area contributed by atoms with E-state index in [0.29, 0.717) is 32.2 Å². The van der Waals surface area contributed by atoms with Crippen LogP contribution in [0.15, 0.2) is 91.0 Å². The molecule has 6 heteroatoms. The van der Waals surface area contributed by atoms with E-state index in [0.717, 1.165) is 51.3 Å². The Labute approximate surface area is 245 Å². The summed E-state index contributed by atoms with van der Waals surface area (Å²) < 4.78 is 16.4. The zero-order chi connectivity index (χ0) is 29.2. The second-order valence-corrected chi connectivity index (χ2v) is 11.3. The number of halogens is 1. The van der Waals surface area contributed by atoms with E-state index < -0.39 is 12.0 Å². The molecule has 0 saturated carbocycles. The molecule has 0 bridgehead atoms. The van der Waals surface area contributed by atoms with Gasteiger partial charge in [0.2, 0.25) is 5.91 Å². The lowest BCUT2D eigenvalue weighted by Crippen LogP contribution is -2.45. The van der Waals surface area contributed by atoms with Gasteiger partial charge in [0.05, 0.1) is 6.42 Å². The molecule has 1 aliphatic carbocycles. The predicted molar refractivity (Wildman–Crippen MR) is 164 cm³/mol. The summed E-state index contributed by atoms with van der Waals surface area (Å²) in [6.45, 7) is 2.44. The fraction of sp³-hybridized carbons (Fsp3) is 0.278. The smallest absolute Gasteiger partial charge is 0.326 e. The van der Waals surface area contributed by atoms with E-state index in [1.165, 1.54) is 17.7 Å². The van der Waals surface area contributed by atoms with Crippen LogP contribution >= 0.6 is 0 Å². The van der Waals surface area contributed by atoms with Gasteiger partial charge >= 0.3 is 5.97 Å². The van der Waals surface area contributed by atoms with Crippen molar-refractivity contribution >= 4 is 33.6 Å². The van der Waals surface area contributed by atoms with Crippen LogP contribution in [0.3, 0.4) is 0 Å². The second kappa shape index (κ2) is 11.8. The maximum absolute atomic E-state index is 14.5. The van der Waals surface area contributed by atoms with Gasteiger partial charge in [0.1, 0.15) is 11.9 Å². The minimum atomic E-state index is -0.890. The molecule has 4 aromatic carbocycles. The highest BCUT2D eigenvalue weighted by molar-refractivity contribution is 5.91. The number of nitrogens with zero attached hydrogens (tertiary/aromatic N) is 2. The van der Waals surface area contributed by atoms with Crippen LogP contribution < -0.4 is 0 Å². The standard InChI is InChI=1S/C36H35FN2O3/c1-2-32(36(41)42)39-33-17-15-27(37)22-30(33)31-23-28(16-18-34(31)39)38(20-19-24-9-4-3-5-10-24)35(40)21-26-13-8-12-25-11-6-7-14-29(25)26/h3-15,17,22,28,32H,2,16,18-21,23H2,1H3,(H,41,42). The van der Waals surface area contributed by atoms with Crippen molar-refractivity contribution in [2.24, 2.45) is 0 Å². The van der Waals surface area contributed by atoms with Crippen LogP contribution in [0.2, 0.25) is 0 Å². The second-order valence-electron chi connectivity index (χ2n) is 11.3. The Morgan fingerprint density at radius 3 is 2.52 bits per heavy atom. The summed E-state index contributed by atoms with van der Waals surface area (Å²) in [5, 5.41) is 13.0. The Morgan fingerprint density at radius 1 is 0.976 bits per heavy atom. The van der Waals surface area contributed by atoms with Gasteiger partial charge in [-0.1, -0.05) is 79.7 Å². The van der Waals surface area contributed by atoms with Crippen LogP contribution in [0, 0.1) is 5.82 Å².